The smallest absolute Gasteiger partial charge is 0.295 e. The second-order valence-electron chi connectivity index (χ2n) is 7.27. The lowest BCUT2D eigenvalue weighted by molar-refractivity contribution is -0.139. The van der Waals surface area contributed by atoms with Gasteiger partial charge in [-0.05, 0) is 42.3 Å². The van der Waals surface area contributed by atoms with Crippen LogP contribution in [0.15, 0.2) is 67.0 Å². The number of amides is 1. The molecule has 1 fully saturated rings. The van der Waals surface area contributed by atoms with Gasteiger partial charge in [0.2, 0.25) is 0 Å². The average molecular weight is 453 g/mol. The molecular weight excluding hydrogens is 432 g/mol. The van der Waals surface area contributed by atoms with Gasteiger partial charge in [-0.15, -0.1) is 0 Å². The van der Waals surface area contributed by atoms with E-state index < -0.39 is 17.7 Å². The summed E-state index contributed by atoms with van der Waals surface area (Å²) in [4.78, 5) is 35.6. The molecule has 8 nitrogen and oxygen atoms in total. The highest BCUT2D eigenvalue weighted by molar-refractivity contribution is 6.46. The van der Waals surface area contributed by atoms with Gasteiger partial charge in [-0.2, -0.15) is 0 Å². The second-order valence-corrected chi connectivity index (χ2v) is 7.71. The standard InChI is InChI=1S/C23H21ClN4O4/c1-32-18-4-3-16(24)13-17(18)21(29)19-20(15-5-7-25-8-6-15)28(23(31)22(19)30)11-2-10-27-12-9-26-14-27/h3-9,12-14,20,29H,2,10-11H2,1H3/b21-19+. The third kappa shape index (κ3) is 4.09. The predicted molar refractivity (Wildman–Crippen MR) is 118 cm³/mol. The number of hydrogen-bond donors (Lipinski definition) is 1. The minimum absolute atomic E-state index is 0.00982. The highest BCUT2D eigenvalue weighted by Crippen LogP contribution is 2.41. The summed E-state index contributed by atoms with van der Waals surface area (Å²) >= 11 is 6.12. The number of benzene rings is 1. The van der Waals surface area contributed by atoms with E-state index in [1.165, 1.54) is 18.1 Å². The molecule has 1 atom stereocenters. The summed E-state index contributed by atoms with van der Waals surface area (Å²) in [6.07, 6.45) is 8.98. The molecule has 1 aromatic carbocycles. The van der Waals surface area contributed by atoms with Gasteiger partial charge in [-0.25, -0.2) is 4.98 Å². The molecule has 4 rings (SSSR count). The lowest BCUT2D eigenvalue weighted by Crippen LogP contribution is -2.31. The predicted octanol–water partition coefficient (Wildman–Crippen LogP) is 3.45. The third-order valence-electron chi connectivity index (χ3n) is 5.35. The second kappa shape index (κ2) is 9.23. The largest absolute Gasteiger partial charge is 0.507 e. The van der Waals surface area contributed by atoms with Crippen LogP contribution in [0, 0.1) is 0 Å². The van der Waals surface area contributed by atoms with Crippen LogP contribution in [0.5, 0.6) is 5.75 Å². The maximum absolute atomic E-state index is 13.1. The van der Waals surface area contributed by atoms with Crippen LogP contribution >= 0.6 is 11.6 Å². The van der Waals surface area contributed by atoms with Crippen molar-refractivity contribution >= 4 is 29.1 Å². The van der Waals surface area contributed by atoms with Crippen molar-refractivity contribution in [1.29, 1.82) is 0 Å². The Morgan fingerprint density at radius 2 is 1.91 bits per heavy atom. The van der Waals surface area contributed by atoms with Crippen LogP contribution in [0.3, 0.4) is 0 Å². The molecule has 1 amide bonds. The van der Waals surface area contributed by atoms with E-state index in [9.17, 15) is 14.7 Å². The summed E-state index contributed by atoms with van der Waals surface area (Å²) in [5, 5.41) is 11.5. The number of pyridine rings is 1. The van der Waals surface area contributed by atoms with E-state index in [1.807, 2.05) is 10.8 Å². The number of carbonyl (C=O) groups is 2. The maximum atomic E-state index is 13.1. The number of likely N-dealkylation sites (tertiary alicyclic amines) is 1. The van der Waals surface area contributed by atoms with E-state index in [4.69, 9.17) is 16.3 Å². The molecule has 1 aliphatic heterocycles. The van der Waals surface area contributed by atoms with Crippen LogP contribution < -0.4 is 4.74 Å². The molecular formula is C23H21ClN4O4. The van der Waals surface area contributed by atoms with Crippen LogP contribution in [0.25, 0.3) is 5.76 Å². The Morgan fingerprint density at radius 3 is 2.59 bits per heavy atom. The Kier molecular flexibility index (Phi) is 6.23. The van der Waals surface area contributed by atoms with E-state index in [-0.39, 0.29) is 16.9 Å². The normalized spacial score (nSPS) is 17.7. The highest BCUT2D eigenvalue weighted by atomic mass is 35.5. The van der Waals surface area contributed by atoms with E-state index in [0.717, 1.165) is 0 Å². The Bertz CT molecular complexity index is 1160. The number of halogens is 1. The maximum Gasteiger partial charge on any atom is 0.295 e. The number of ether oxygens (including phenoxy) is 1. The SMILES string of the molecule is COc1ccc(Cl)cc1/C(O)=C1\C(=O)C(=O)N(CCCn2ccnc2)C1c1ccncc1. The van der Waals surface area contributed by atoms with Gasteiger partial charge in [-0.1, -0.05) is 11.6 Å². The number of aromatic nitrogens is 3. The monoisotopic (exact) mass is 452 g/mol. The van der Waals surface area contributed by atoms with E-state index in [0.29, 0.717) is 35.8 Å². The number of carbonyl (C=O) groups excluding carboxylic acids is 2. The molecule has 9 heteroatoms. The number of Topliss-reactive ketones (excluding diaryl/α,β-unsaturated/α-hetero) is 1. The zero-order valence-electron chi connectivity index (χ0n) is 17.3. The van der Waals surface area contributed by atoms with Crippen LogP contribution in [-0.2, 0) is 16.1 Å². The number of aliphatic hydroxyl groups is 1. The summed E-state index contributed by atoms with van der Waals surface area (Å²) in [5.41, 5.74) is 0.907. The van der Waals surface area contributed by atoms with Gasteiger partial charge in [-0.3, -0.25) is 14.6 Å². The highest BCUT2D eigenvalue weighted by Gasteiger charge is 2.46. The molecule has 32 heavy (non-hydrogen) atoms. The molecule has 0 bridgehead atoms. The number of methoxy groups -OCH3 is 1. The molecule has 0 radical (unpaired) electrons. The first-order valence-electron chi connectivity index (χ1n) is 9.99. The summed E-state index contributed by atoms with van der Waals surface area (Å²) < 4.78 is 7.23. The van der Waals surface area contributed by atoms with Gasteiger partial charge in [0.1, 0.15) is 11.5 Å². The zero-order chi connectivity index (χ0) is 22.7. The van der Waals surface area contributed by atoms with Crippen LogP contribution in [0.1, 0.15) is 23.6 Å². The van der Waals surface area contributed by atoms with Gasteiger partial charge >= 0.3 is 0 Å². The van der Waals surface area contributed by atoms with Crippen molar-refractivity contribution in [3.8, 4) is 5.75 Å². The molecule has 0 spiro atoms. The summed E-state index contributed by atoms with van der Waals surface area (Å²) in [6.45, 7) is 0.952. The fourth-order valence-electron chi connectivity index (χ4n) is 3.86. The average Bonchev–Trinajstić information content (AvgIpc) is 3.41. The summed E-state index contributed by atoms with van der Waals surface area (Å²) in [6, 6.07) is 7.41. The number of imidazole rings is 1. The molecule has 0 saturated carbocycles. The van der Waals surface area contributed by atoms with Gasteiger partial charge in [0, 0.05) is 42.9 Å². The van der Waals surface area contributed by atoms with Crippen molar-refractivity contribution in [2.45, 2.75) is 19.0 Å². The fraction of sp³-hybridized carbons (Fsp3) is 0.217. The molecule has 0 aliphatic carbocycles. The molecule has 1 N–H and O–H groups in total. The van der Waals surface area contributed by atoms with E-state index in [1.54, 1.807) is 49.2 Å². The first-order valence-corrected chi connectivity index (χ1v) is 10.4. The summed E-state index contributed by atoms with van der Waals surface area (Å²) in [5.74, 6) is -1.41. The Balaban J connectivity index is 1.76. The van der Waals surface area contributed by atoms with Gasteiger partial charge in [0.15, 0.2) is 0 Å². The van der Waals surface area contributed by atoms with Gasteiger partial charge < -0.3 is 19.3 Å². The zero-order valence-corrected chi connectivity index (χ0v) is 18.1. The van der Waals surface area contributed by atoms with Crippen molar-refractivity contribution in [2.75, 3.05) is 13.7 Å². The van der Waals surface area contributed by atoms with E-state index in [2.05, 4.69) is 9.97 Å². The van der Waals surface area contributed by atoms with Crippen molar-refractivity contribution < 1.29 is 19.4 Å². The quantitative estimate of drug-likeness (QED) is 0.335. The molecule has 1 unspecified atom stereocenters. The number of aryl methyl sites for hydroxylation is 1. The Hall–Kier alpha value is -3.65. The molecule has 3 heterocycles. The minimum atomic E-state index is -0.760. The third-order valence-corrected chi connectivity index (χ3v) is 5.59. The molecule has 1 saturated heterocycles. The Labute approximate surface area is 189 Å². The molecule has 3 aromatic rings. The fourth-order valence-corrected chi connectivity index (χ4v) is 4.03. The number of rotatable bonds is 7. The van der Waals surface area contributed by atoms with Crippen LogP contribution in [0.2, 0.25) is 5.02 Å². The first kappa shape index (κ1) is 21.6. The molecule has 2 aromatic heterocycles. The molecule has 164 valence electrons. The first-order chi connectivity index (χ1) is 15.5. The van der Waals surface area contributed by atoms with Crippen molar-refractivity contribution in [3.63, 3.8) is 0 Å². The topological polar surface area (TPSA) is 97.6 Å². The summed E-state index contributed by atoms with van der Waals surface area (Å²) in [7, 11) is 1.45. The number of nitrogens with zero attached hydrogens (tertiary/aromatic N) is 4. The van der Waals surface area contributed by atoms with Crippen LogP contribution in [-0.4, -0.2) is 49.9 Å². The minimum Gasteiger partial charge on any atom is -0.507 e. The van der Waals surface area contributed by atoms with E-state index >= 15 is 0 Å². The van der Waals surface area contributed by atoms with Gasteiger partial charge in [0.05, 0.1) is 30.6 Å². The lowest BCUT2D eigenvalue weighted by Gasteiger charge is -2.25. The van der Waals surface area contributed by atoms with Crippen molar-refractivity contribution in [2.24, 2.45) is 0 Å². The molecule has 1 aliphatic rings. The van der Waals surface area contributed by atoms with Crippen molar-refractivity contribution in [3.05, 3.63) is 83.2 Å². The van der Waals surface area contributed by atoms with Gasteiger partial charge in [0.25, 0.3) is 11.7 Å². The van der Waals surface area contributed by atoms with Crippen LogP contribution in [0.4, 0.5) is 0 Å². The van der Waals surface area contributed by atoms with Crippen molar-refractivity contribution in [1.82, 2.24) is 19.4 Å². The number of hydrogen-bond acceptors (Lipinski definition) is 6. The number of aliphatic hydroxyl groups excluding tert-OH is 1. The Morgan fingerprint density at radius 1 is 1.12 bits per heavy atom. The lowest BCUT2D eigenvalue weighted by atomic mass is 9.95. The number of ketones is 1.